The molecule has 154 valence electrons. The highest BCUT2D eigenvalue weighted by molar-refractivity contribution is 5.99. The number of aromatic nitrogens is 2. The Labute approximate surface area is 165 Å². The van der Waals surface area contributed by atoms with Crippen molar-refractivity contribution in [3.8, 4) is 11.5 Å². The largest absolute Gasteiger partial charge is 0.465 e. The van der Waals surface area contributed by atoms with Crippen molar-refractivity contribution in [1.82, 2.24) is 20.0 Å². The molecule has 29 heavy (non-hydrogen) atoms. The molecule has 2 heterocycles. The van der Waals surface area contributed by atoms with Gasteiger partial charge in [-0.15, -0.1) is 10.2 Å². The highest BCUT2D eigenvalue weighted by Gasteiger charge is 2.40. The van der Waals surface area contributed by atoms with E-state index in [1.807, 2.05) is 0 Å². The third-order valence-corrected chi connectivity index (χ3v) is 5.71. The van der Waals surface area contributed by atoms with Crippen molar-refractivity contribution in [3.05, 3.63) is 35.2 Å². The van der Waals surface area contributed by atoms with Crippen LogP contribution in [0.3, 0.4) is 0 Å². The first-order valence-electron chi connectivity index (χ1n) is 9.38. The Kier molecular flexibility index (Phi) is 4.93. The molecule has 2 amide bonds. The molecule has 1 aliphatic heterocycles. The van der Waals surface area contributed by atoms with Crippen molar-refractivity contribution in [3.63, 3.8) is 0 Å². The summed E-state index contributed by atoms with van der Waals surface area (Å²) in [6, 6.07) is 4.50. The van der Waals surface area contributed by atoms with E-state index in [9.17, 15) is 23.5 Å². The number of carbonyl (C=O) groups excluding carboxylic acids is 1. The maximum absolute atomic E-state index is 13.1. The van der Waals surface area contributed by atoms with E-state index in [2.05, 4.69) is 10.2 Å². The SMILES string of the molecule is CN(C(=O)O)[C@@H]1CCCC[C@H]1N1Cc2ccc(-c3nnc(C(F)F)o3)cc2C1=O. The van der Waals surface area contributed by atoms with Crippen molar-refractivity contribution in [2.24, 2.45) is 0 Å². The number of amides is 2. The molecule has 1 aromatic carbocycles. The fraction of sp³-hybridized carbons (Fsp3) is 0.474. The summed E-state index contributed by atoms with van der Waals surface area (Å²) in [5.74, 6) is -1.04. The van der Waals surface area contributed by atoms with E-state index in [-0.39, 0.29) is 23.9 Å². The number of likely N-dealkylation sites (N-methyl/N-ethyl adjacent to an activating group) is 1. The molecule has 2 aromatic rings. The van der Waals surface area contributed by atoms with E-state index >= 15 is 0 Å². The maximum Gasteiger partial charge on any atom is 0.407 e. The zero-order valence-electron chi connectivity index (χ0n) is 15.7. The number of carbonyl (C=O) groups is 2. The predicted octanol–water partition coefficient (Wildman–Crippen LogP) is 3.55. The molecule has 2 atom stereocenters. The molecule has 2 aliphatic rings. The second-order valence-electron chi connectivity index (χ2n) is 7.36. The van der Waals surface area contributed by atoms with Gasteiger partial charge in [-0.25, -0.2) is 4.79 Å². The lowest BCUT2D eigenvalue weighted by Crippen LogP contribution is -2.53. The van der Waals surface area contributed by atoms with Crippen LogP contribution in [0.15, 0.2) is 22.6 Å². The molecular formula is C19H20F2N4O4. The number of nitrogens with zero attached hydrogens (tertiary/aromatic N) is 4. The molecule has 8 nitrogen and oxygen atoms in total. The molecule has 10 heteroatoms. The molecule has 1 N–H and O–H groups in total. The second-order valence-corrected chi connectivity index (χ2v) is 7.36. The highest BCUT2D eigenvalue weighted by atomic mass is 19.3. The van der Waals surface area contributed by atoms with E-state index in [0.29, 0.717) is 24.1 Å². The van der Waals surface area contributed by atoms with E-state index in [4.69, 9.17) is 4.42 Å². The Morgan fingerprint density at radius 2 is 2.07 bits per heavy atom. The minimum atomic E-state index is -2.86. The first kappa shape index (κ1) is 19.3. The van der Waals surface area contributed by atoms with E-state index < -0.39 is 18.4 Å². The van der Waals surface area contributed by atoms with Crippen molar-refractivity contribution in [1.29, 1.82) is 0 Å². The average Bonchev–Trinajstić information content (AvgIpc) is 3.33. The quantitative estimate of drug-likeness (QED) is 0.834. The molecule has 0 spiro atoms. The van der Waals surface area contributed by atoms with Crippen LogP contribution in [0.4, 0.5) is 13.6 Å². The van der Waals surface area contributed by atoms with Crippen LogP contribution in [0.5, 0.6) is 0 Å². The molecule has 1 fully saturated rings. The van der Waals surface area contributed by atoms with Crippen molar-refractivity contribution in [2.75, 3.05) is 7.05 Å². The lowest BCUT2D eigenvalue weighted by atomic mass is 9.88. The van der Waals surface area contributed by atoms with Crippen LogP contribution in [0, 0.1) is 0 Å². The Balaban J connectivity index is 1.60. The van der Waals surface area contributed by atoms with Gasteiger partial charge in [-0.1, -0.05) is 18.9 Å². The number of alkyl halides is 2. The molecule has 1 aliphatic carbocycles. The number of hydrogen-bond donors (Lipinski definition) is 1. The Bertz CT molecular complexity index is 948. The number of hydrogen-bond acceptors (Lipinski definition) is 5. The van der Waals surface area contributed by atoms with Crippen molar-refractivity contribution in [2.45, 2.75) is 50.7 Å². The van der Waals surface area contributed by atoms with Gasteiger partial charge in [-0.3, -0.25) is 4.79 Å². The minimum Gasteiger partial charge on any atom is -0.465 e. The van der Waals surface area contributed by atoms with Gasteiger partial charge in [-0.05, 0) is 30.5 Å². The highest BCUT2D eigenvalue weighted by Crippen LogP contribution is 2.35. The molecular weight excluding hydrogens is 386 g/mol. The van der Waals surface area contributed by atoms with Crippen LogP contribution >= 0.6 is 0 Å². The third kappa shape index (κ3) is 3.43. The van der Waals surface area contributed by atoms with Gasteiger partial charge >= 0.3 is 12.5 Å². The summed E-state index contributed by atoms with van der Waals surface area (Å²) >= 11 is 0. The monoisotopic (exact) mass is 406 g/mol. The van der Waals surface area contributed by atoms with Crippen LogP contribution in [-0.4, -0.2) is 56.2 Å². The number of carboxylic acid groups (broad SMARTS) is 1. The van der Waals surface area contributed by atoms with Crippen molar-refractivity contribution < 1.29 is 27.9 Å². The summed E-state index contributed by atoms with van der Waals surface area (Å²) in [4.78, 5) is 27.6. The minimum absolute atomic E-state index is 0.0736. The number of halogens is 2. The first-order valence-corrected chi connectivity index (χ1v) is 9.38. The van der Waals surface area contributed by atoms with Gasteiger partial charge in [0.05, 0.1) is 12.1 Å². The summed E-state index contributed by atoms with van der Waals surface area (Å²) in [6.45, 7) is 0.384. The van der Waals surface area contributed by atoms with Gasteiger partial charge in [0.25, 0.3) is 11.8 Å². The van der Waals surface area contributed by atoms with Crippen LogP contribution in [0.1, 0.15) is 53.9 Å². The molecule has 0 bridgehead atoms. The second kappa shape index (κ2) is 7.41. The van der Waals surface area contributed by atoms with Gasteiger partial charge in [0.2, 0.25) is 5.89 Å². The van der Waals surface area contributed by atoms with Crippen LogP contribution in [-0.2, 0) is 6.54 Å². The van der Waals surface area contributed by atoms with Gasteiger partial charge in [0.1, 0.15) is 0 Å². The van der Waals surface area contributed by atoms with Crippen LogP contribution < -0.4 is 0 Å². The normalized spacial score (nSPS) is 21.5. The number of rotatable bonds is 4. The zero-order chi connectivity index (χ0) is 20.7. The Morgan fingerprint density at radius 1 is 1.31 bits per heavy atom. The predicted molar refractivity (Wildman–Crippen MR) is 96.4 cm³/mol. The fourth-order valence-corrected chi connectivity index (χ4v) is 4.21. The average molecular weight is 406 g/mol. The van der Waals surface area contributed by atoms with Gasteiger partial charge in [-0.2, -0.15) is 8.78 Å². The lowest BCUT2D eigenvalue weighted by molar-refractivity contribution is 0.0434. The van der Waals surface area contributed by atoms with Crippen molar-refractivity contribution >= 4 is 12.0 Å². The summed E-state index contributed by atoms with van der Waals surface area (Å²) in [5, 5.41) is 16.3. The van der Waals surface area contributed by atoms with E-state index in [0.717, 1.165) is 24.8 Å². The lowest BCUT2D eigenvalue weighted by Gasteiger charge is -2.41. The summed E-state index contributed by atoms with van der Waals surface area (Å²) in [6.07, 6.45) is -0.593. The summed E-state index contributed by atoms with van der Waals surface area (Å²) < 4.78 is 30.4. The molecule has 4 rings (SSSR count). The van der Waals surface area contributed by atoms with Gasteiger partial charge in [0, 0.05) is 24.7 Å². The van der Waals surface area contributed by atoms with E-state index in [1.54, 1.807) is 23.1 Å². The maximum atomic E-state index is 13.1. The number of fused-ring (bicyclic) bond motifs is 1. The molecule has 0 saturated heterocycles. The Hall–Kier alpha value is -3.04. The molecule has 0 radical (unpaired) electrons. The van der Waals surface area contributed by atoms with Gasteiger partial charge < -0.3 is 19.3 Å². The third-order valence-electron chi connectivity index (χ3n) is 5.71. The van der Waals surface area contributed by atoms with Gasteiger partial charge in [0.15, 0.2) is 0 Å². The zero-order valence-corrected chi connectivity index (χ0v) is 15.7. The standard InChI is InChI=1S/C19H20F2N4O4/c1-24(19(27)28)13-4-2-3-5-14(13)25-9-11-7-6-10(8-12(11)18(25)26)16-22-23-17(29-16)15(20)21/h6-8,13-15H,2-5,9H2,1H3,(H,27,28)/t13-,14-/m1/s1. The topological polar surface area (TPSA) is 99.8 Å². The van der Waals surface area contributed by atoms with Crippen LogP contribution in [0.2, 0.25) is 0 Å². The first-order chi connectivity index (χ1) is 13.9. The smallest absolute Gasteiger partial charge is 0.407 e. The summed E-state index contributed by atoms with van der Waals surface area (Å²) in [5.41, 5.74) is 1.64. The Morgan fingerprint density at radius 3 is 2.76 bits per heavy atom. The number of benzene rings is 1. The van der Waals surface area contributed by atoms with Crippen LogP contribution in [0.25, 0.3) is 11.5 Å². The molecule has 0 unspecified atom stereocenters. The molecule has 1 saturated carbocycles. The van der Waals surface area contributed by atoms with E-state index in [1.165, 1.54) is 11.9 Å². The molecule has 1 aromatic heterocycles. The summed E-state index contributed by atoms with van der Waals surface area (Å²) in [7, 11) is 1.54. The fourth-order valence-electron chi connectivity index (χ4n) is 4.21.